The average molecular weight is 248 g/mol. The molecule has 0 saturated carbocycles. The van der Waals surface area contributed by atoms with Crippen molar-refractivity contribution in [2.24, 2.45) is 5.41 Å². The van der Waals surface area contributed by atoms with Crippen molar-refractivity contribution in [3.8, 4) is 0 Å². The molecule has 0 fully saturated rings. The Morgan fingerprint density at radius 2 is 2.00 bits per heavy atom. The van der Waals surface area contributed by atoms with E-state index in [1.807, 2.05) is 0 Å². The van der Waals surface area contributed by atoms with Crippen molar-refractivity contribution >= 4 is 5.78 Å². The maximum Gasteiger partial charge on any atom is 0.176 e. The van der Waals surface area contributed by atoms with Gasteiger partial charge in [-0.15, -0.1) is 0 Å². The Bertz CT molecular complexity index is 501. The molecule has 96 valence electrons. The first-order chi connectivity index (χ1) is 8.52. The van der Waals surface area contributed by atoms with Gasteiger partial charge in [-0.25, -0.2) is 0 Å². The Labute approximate surface area is 106 Å². The molecule has 1 aromatic carbocycles. The highest BCUT2D eigenvalue weighted by Crippen LogP contribution is 2.46. The Morgan fingerprint density at radius 3 is 2.44 bits per heavy atom. The molecule has 4 heteroatoms. The standard InChI is InChI=1S/C14H16O4/c1-14(7-11(18-2)13(14)17)12(16)10-5-3-9(8-15)4-6-10/h3-6,15,17H,7-8H2,1-2H3. The highest BCUT2D eigenvalue weighted by molar-refractivity contribution is 6.03. The van der Waals surface area contributed by atoms with Crippen molar-refractivity contribution < 1.29 is 19.7 Å². The van der Waals surface area contributed by atoms with Crippen LogP contribution in [0.25, 0.3) is 0 Å². The van der Waals surface area contributed by atoms with Crippen LogP contribution in [0.15, 0.2) is 35.8 Å². The van der Waals surface area contributed by atoms with E-state index >= 15 is 0 Å². The van der Waals surface area contributed by atoms with E-state index < -0.39 is 5.41 Å². The Hall–Kier alpha value is -1.81. The minimum Gasteiger partial charge on any atom is -0.508 e. The number of hydrogen-bond acceptors (Lipinski definition) is 4. The molecule has 0 bridgehead atoms. The zero-order valence-electron chi connectivity index (χ0n) is 10.4. The van der Waals surface area contributed by atoms with Crippen molar-refractivity contribution in [2.75, 3.05) is 7.11 Å². The van der Waals surface area contributed by atoms with Crippen LogP contribution >= 0.6 is 0 Å². The Kier molecular flexibility index (Phi) is 3.13. The van der Waals surface area contributed by atoms with Crippen molar-refractivity contribution in [1.29, 1.82) is 0 Å². The molecule has 1 aliphatic rings. The summed E-state index contributed by atoms with van der Waals surface area (Å²) in [5.74, 6) is 0.351. The van der Waals surface area contributed by atoms with Crippen LogP contribution in [0.2, 0.25) is 0 Å². The van der Waals surface area contributed by atoms with Crippen LogP contribution in [-0.4, -0.2) is 23.1 Å². The van der Waals surface area contributed by atoms with E-state index in [0.29, 0.717) is 17.7 Å². The first-order valence-corrected chi connectivity index (χ1v) is 5.74. The van der Waals surface area contributed by atoms with Gasteiger partial charge in [-0.2, -0.15) is 0 Å². The van der Waals surface area contributed by atoms with E-state index in [1.54, 1.807) is 31.2 Å². The van der Waals surface area contributed by atoms with E-state index in [0.717, 1.165) is 5.56 Å². The summed E-state index contributed by atoms with van der Waals surface area (Å²) in [5.41, 5.74) is 0.394. The lowest BCUT2D eigenvalue weighted by Gasteiger charge is -2.37. The van der Waals surface area contributed by atoms with Crippen LogP contribution in [0.5, 0.6) is 0 Å². The molecule has 0 aliphatic heterocycles. The van der Waals surface area contributed by atoms with E-state index in [4.69, 9.17) is 9.84 Å². The summed E-state index contributed by atoms with van der Waals surface area (Å²) in [6.45, 7) is 1.65. The monoisotopic (exact) mass is 248 g/mol. The summed E-state index contributed by atoms with van der Waals surface area (Å²) in [5, 5.41) is 18.8. The summed E-state index contributed by atoms with van der Waals surface area (Å²) in [6.07, 6.45) is 0.413. The van der Waals surface area contributed by atoms with Gasteiger partial charge >= 0.3 is 0 Å². The van der Waals surface area contributed by atoms with Crippen LogP contribution < -0.4 is 0 Å². The number of aliphatic hydroxyl groups is 2. The molecule has 4 nitrogen and oxygen atoms in total. The molecule has 2 N–H and O–H groups in total. The number of carbonyl (C=O) groups is 1. The number of benzene rings is 1. The first kappa shape index (κ1) is 12.6. The second-order valence-electron chi connectivity index (χ2n) is 4.67. The predicted molar refractivity (Wildman–Crippen MR) is 66.1 cm³/mol. The van der Waals surface area contributed by atoms with Crippen molar-refractivity contribution in [3.63, 3.8) is 0 Å². The van der Waals surface area contributed by atoms with Gasteiger partial charge in [-0.3, -0.25) is 4.79 Å². The fraction of sp³-hybridized carbons (Fsp3) is 0.357. The van der Waals surface area contributed by atoms with E-state index in [-0.39, 0.29) is 18.1 Å². The van der Waals surface area contributed by atoms with Gasteiger partial charge in [-0.1, -0.05) is 24.3 Å². The lowest BCUT2D eigenvalue weighted by molar-refractivity contribution is 0.0607. The highest BCUT2D eigenvalue weighted by atomic mass is 16.5. The smallest absolute Gasteiger partial charge is 0.176 e. The molecule has 0 saturated heterocycles. The third kappa shape index (κ3) is 1.78. The number of carbonyl (C=O) groups excluding carboxylic acids is 1. The second-order valence-corrected chi connectivity index (χ2v) is 4.67. The van der Waals surface area contributed by atoms with Crippen LogP contribution in [0.3, 0.4) is 0 Å². The predicted octanol–water partition coefficient (Wildman–Crippen LogP) is 2.19. The number of hydrogen-bond donors (Lipinski definition) is 2. The number of methoxy groups -OCH3 is 1. The zero-order valence-corrected chi connectivity index (χ0v) is 10.4. The summed E-state index contributed by atoms with van der Waals surface area (Å²) in [4.78, 5) is 12.3. The van der Waals surface area contributed by atoms with E-state index in [2.05, 4.69) is 0 Å². The quantitative estimate of drug-likeness (QED) is 0.801. The molecule has 0 aromatic heterocycles. The topological polar surface area (TPSA) is 66.8 Å². The number of rotatable bonds is 4. The highest BCUT2D eigenvalue weighted by Gasteiger charge is 2.49. The molecule has 0 spiro atoms. The van der Waals surface area contributed by atoms with Gasteiger partial charge in [0, 0.05) is 12.0 Å². The fourth-order valence-corrected chi connectivity index (χ4v) is 2.13. The summed E-state index contributed by atoms with van der Waals surface area (Å²) >= 11 is 0. The van der Waals surface area contributed by atoms with Gasteiger partial charge in [0.2, 0.25) is 0 Å². The minimum atomic E-state index is -0.883. The SMILES string of the molecule is COC1=C(O)C(C)(C(=O)c2ccc(CO)cc2)C1. The fourth-order valence-electron chi connectivity index (χ4n) is 2.13. The van der Waals surface area contributed by atoms with Crippen LogP contribution in [-0.2, 0) is 11.3 Å². The molecule has 0 amide bonds. The number of aliphatic hydroxyl groups excluding tert-OH is 2. The lowest BCUT2D eigenvalue weighted by Crippen LogP contribution is -2.39. The number of ether oxygens (including phenoxy) is 1. The van der Waals surface area contributed by atoms with E-state index in [9.17, 15) is 9.90 Å². The van der Waals surface area contributed by atoms with Crippen molar-refractivity contribution in [1.82, 2.24) is 0 Å². The average Bonchev–Trinajstić information content (AvgIpc) is 2.43. The molecular formula is C14H16O4. The number of Topliss-reactive ketones (excluding diaryl/α,β-unsaturated/α-hetero) is 1. The first-order valence-electron chi connectivity index (χ1n) is 5.74. The van der Waals surface area contributed by atoms with Gasteiger partial charge < -0.3 is 14.9 Å². The van der Waals surface area contributed by atoms with Crippen LogP contribution in [0.4, 0.5) is 0 Å². The molecular weight excluding hydrogens is 232 g/mol. The Morgan fingerprint density at radius 1 is 1.39 bits per heavy atom. The normalized spacial score (nSPS) is 22.6. The van der Waals surface area contributed by atoms with Crippen LogP contribution in [0.1, 0.15) is 29.3 Å². The third-order valence-corrected chi connectivity index (χ3v) is 3.45. The maximum absolute atomic E-state index is 12.3. The maximum atomic E-state index is 12.3. The molecule has 2 rings (SSSR count). The molecule has 18 heavy (non-hydrogen) atoms. The summed E-state index contributed by atoms with van der Waals surface area (Å²) in [7, 11) is 1.48. The largest absolute Gasteiger partial charge is 0.508 e. The van der Waals surface area contributed by atoms with Gasteiger partial charge in [-0.05, 0) is 12.5 Å². The number of ketones is 1. The molecule has 1 aliphatic carbocycles. The summed E-state index contributed by atoms with van der Waals surface area (Å²) in [6, 6.07) is 6.73. The minimum absolute atomic E-state index is 0.0150. The molecule has 0 radical (unpaired) electrons. The van der Waals surface area contributed by atoms with Gasteiger partial charge in [0.15, 0.2) is 5.78 Å². The lowest BCUT2D eigenvalue weighted by atomic mass is 9.69. The molecule has 1 unspecified atom stereocenters. The van der Waals surface area contributed by atoms with Gasteiger partial charge in [0.25, 0.3) is 0 Å². The van der Waals surface area contributed by atoms with Gasteiger partial charge in [0.1, 0.15) is 11.5 Å². The Balaban J connectivity index is 2.25. The molecule has 0 heterocycles. The second kappa shape index (κ2) is 4.46. The molecule has 1 atom stereocenters. The third-order valence-electron chi connectivity index (χ3n) is 3.45. The van der Waals surface area contributed by atoms with Crippen molar-refractivity contribution in [3.05, 3.63) is 46.9 Å². The molecule has 1 aromatic rings. The van der Waals surface area contributed by atoms with E-state index in [1.165, 1.54) is 7.11 Å². The number of allylic oxidation sites excluding steroid dienone is 2. The van der Waals surface area contributed by atoms with Crippen LogP contribution in [0, 0.1) is 5.41 Å². The summed E-state index contributed by atoms with van der Waals surface area (Å²) < 4.78 is 4.96. The zero-order chi connectivity index (χ0) is 13.3. The van der Waals surface area contributed by atoms with Crippen molar-refractivity contribution in [2.45, 2.75) is 20.0 Å². The van der Waals surface area contributed by atoms with Gasteiger partial charge in [0.05, 0.1) is 19.1 Å².